The Morgan fingerprint density at radius 3 is 2.72 bits per heavy atom. The minimum Gasteiger partial charge on any atom is -0.361 e. The van der Waals surface area contributed by atoms with Crippen molar-refractivity contribution in [3.63, 3.8) is 0 Å². The van der Waals surface area contributed by atoms with E-state index in [1.54, 1.807) is 6.07 Å². The molecule has 0 aliphatic rings. The van der Waals surface area contributed by atoms with Crippen molar-refractivity contribution < 1.29 is 17.7 Å². The molecule has 0 unspecified atom stereocenters. The van der Waals surface area contributed by atoms with Gasteiger partial charge in [0.15, 0.2) is 0 Å². The SMILES string of the molecule is NCCc1cc(-c2ccnc(C(F)(F)F)c2)no1. The van der Waals surface area contributed by atoms with E-state index in [9.17, 15) is 13.2 Å². The zero-order chi connectivity index (χ0) is 13.2. The summed E-state index contributed by atoms with van der Waals surface area (Å²) in [6.45, 7) is 0.388. The average molecular weight is 257 g/mol. The molecule has 0 saturated carbocycles. The van der Waals surface area contributed by atoms with Gasteiger partial charge < -0.3 is 10.3 Å². The Balaban J connectivity index is 2.32. The van der Waals surface area contributed by atoms with E-state index in [-0.39, 0.29) is 0 Å². The first kappa shape index (κ1) is 12.6. The van der Waals surface area contributed by atoms with Gasteiger partial charge in [-0.2, -0.15) is 13.2 Å². The van der Waals surface area contributed by atoms with Gasteiger partial charge in [0.25, 0.3) is 0 Å². The number of alkyl halides is 3. The molecule has 0 spiro atoms. The van der Waals surface area contributed by atoms with Crippen LogP contribution in [0.25, 0.3) is 11.3 Å². The molecule has 0 aliphatic heterocycles. The van der Waals surface area contributed by atoms with Crippen molar-refractivity contribution in [1.29, 1.82) is 0 Å². The molecule has 96 valence electrons. The molecule has 0 radical (unpaired) electrons. The molecule has 2 heterocycles. The number of aromatic nitrogens is 2. The fraction of sp³-hybridized carbons (Fsp3) is 0.273. The van der Waals surface area contributed by atoms with Gasteiger partial charge in [0.2, 0.25) is 0 Å². The zero-order valence-corrected chi connectivity index (χ0v) is 9.24. The molecule has 2 aromatic heterocycles. The van der Waals surface area contributed by atoms with Crippen LogP contribution in [0.4, 0.5) is 13.2 Å². The maximum atomic E-state index is 12.5. The quantitative estimate of drug-likeness (QED) is 0.915. The van der Waals surface area contributed by atoms with E-state index in [0.29, 0.717) is 30.0 Å². The molecular formula is C11H10F3N3O. The molecular weight excluding hydrogens is 247 g/mol. The van der Waals surface area contributed by atoms with Crippen molar-refractivity contribution in [2.75, 3.05) is 6.54 Å². The van der Waals surface area contributed by atoms with Crippen molar-refractivity contribution >= 4 is 0 Å². The monoisotopic (exact) mass is 257 g/mol. The predicted molar refractivity (Wildman–Crippen MR) is 57.5 cm³/mol. The molecule has 18 heavy (non-hydrogen) atoms. The summed E-state index contributed by atoms with van der Waals surface area (Å²) in [7, 11) is 0. The first-order valence-corrected chi connectivity index (χ1v) is 5.20. The second-order valence-electron chi connectivity index (χ2n) is 3.64. The van der Waals surface area contributed by atoms with E-state index in [1.807, 2.05) is 0 Å². The first-order chi connectivity index (χ1) is 8.50. The van der Waals surface area contributed by atoms with E-state index in [0.717, 1.165) is 12.3 Å². The Hall–Kier alpha value is -1.89. The van der Waals surface area contributed by atoms with Crippen LogP contribution in [0.2, 0.25) is 0 Å². The highest BCUT2D eigenvalue weighted by atomic mass is 19.4. The lowest BCUT2D eigenvalue weighted by atomic mass is 10.1. The second-order valence-corrected chi connectivity index (χ2v) is 3.64. The van der Waals surface area contributed by atoms with E-state index in [1.165, 1.54) is 6.07 Å². The Morgan fingerprint density at radius 1 is 1.28 bits per heavy atom. The van der Waals surface area contributed by atoms with Crippen molar-refractivity contribution in [1.82, 2.24) is 10.1 Å². The van der Waals surface area contributed by atoms with Gasteiger partial charge in [0.05, 0.1) is 0 Å². The van der Waals surface area contributed by atoms with Gasteiger partial charge in [0.1, 0.15) is 17.1 Å². The summed E-state index contributed by atoms with van der Waals surface area (Å²) < 4.78 is 42.4. The minimum atomic E-state index is -4.47. The summed E-state index contributed by atoms with van der Waals surface area (Å²) >= 11 is 0. The maximum Gasteiger partial charge on any atom is 0.433 e. The van der Waals surface area contributed by atoms with Crippen LogP contribution in [0, 0.1) is 0 Å². The normalized spacial score (nSPS) is 11.8. The topological polar surface area (TPSA) is 64.9 Å². The van der Waals surface area contributed by atoms with Gasteiger partial charge in [0, 0.05) is 24.2 Å². The van der Waals surface area contributed by atoms with Gasteiger partial charge in [-0.1, -0.05) is 5.16 Å². The van der Waals surface area contributed by atoms with Crippen LogP contribution in [0.1, 0.15) is 11.5 Å². The van der Waals surface area contributed by atoms with Gasteiger partial charge in [-0.05, 0) is 18.7 Å². The number of nitrogens with two attached hydrogens (primary N) is 1. The van der Waals surface area contributed by atoms with Crippen LogP contribution in [0.5, 0.6) is 0 Å². The number of pyridine rings is 1. The number of hydrogen-bond donors (Lipinski definition) is 1. The fourth-order valence-corrected chi connectivity index (χ4v) is 1.45. The smallest absolute Gasteiger partial charge is 0.361 e. The maximum absolute atomic E-state index is 12.5. The lowest BCUT2D eigenvalue weighted by Crippen LogP contribution is -2.07. The molecule has 0 aromatic carbocycles. The molecule has 4 nitrogen and oxygen atoms in total. The Kier molecular flexibility index (Phi) is 3.33. The third-order valence-corrected chi connectivity index (χ3v) is 2.30. The summed E-state index contributed by atoms with van der Waals surface area (Å²) in [5, 5.41) is 3.70. The fourth-order valence-electron chi connectivity index (χ4n) is 1.45. The standard InChI is InChI=1S/C11H10F3N3O/c12-11(13,14)10-5-7(2-4-16-10)9-6-8(1-3-15)18-17-9/h2,4-6H,1,3,15H2. The number of rotatable bonds is 3. The van der Waals surface area contributed by atoms with Crippen molar-refractivity contribution in [3.8, 4) is 11.3 Å². The first-order valence-electron chi connectivity index (χ1n) is 5.20. The third-order valence-electron chi connectivity index (χ3n) is 2.30. The molecule has 7 heteroatoms. The lowest BCUT2D eigenvalue weighted by molar-refractivity contribution is -0.141. The highest BCUT2D eigenvalue weighted by molar-refractivity contribution is 5.58. The second kappa shape index (κ2) is 4.77. The molecule has 0 aliphatic carbocycles. The van der Waals surface area contributed by atoms with E-state index < -0.39 is 11.9 Å². The van der Waals surface area contributed by atoms with Gasteiger partial charge in [-0.25, -0.2) is 0 Å². The molecule has 2 N–H and O–H groups in total. The molecule has 0 saturated heterocycles. The zero-order valence-electron chi connectivity index (χ0n) is 9.24. The highest BCUT2D eigenvalue weighted by Crippen LogP contribution is 2.30. The van der Waals surface area contributed by atoms with Gasteiger partial charge >= 0.3 is 6.18 Å². The Morgan fingerprint density at radius 2 is 2.06 bits per heavy atom. The Bertz CT molecular complexity index is 536. The highest BCUT2D eigenvalue weighted by Gasteiger charge is 2.32. The van der Waals surface area contributed by atoms with E-state index in [4.69, 9.17) is 10.3 Å². The van der Waals surface area contributed by atoms with Crippen LogP contribution in [0.15, 0.2) is 28.9 Å². The average Bonchev–Trinajstić information content (AvgIpc) is 2.77. The van der Waals surface area contributed by atoms with E-state index in [2.05, 4.69) is 10.1 Å². The minimum absolute atomic E-state index is 0.310. The summed E-state index contributed by atoms with van der Waals surface area (Å²) in [5.74, 6) is 0.540. The number of nitrogens with zero attached hydrogens (tertiary/aromatic N) is 2. The Labute approximate surface area is 101 Å². The van der Waals surface area contributed by atoms with Crippen LogP contribution in [0.3, 0.4) is 0 Å². The molecule has 0 amide bonds. The summed E-state index contributed by atoms with van der Waals surface area (Å²) in [6, 6.07) is 3.95. The molecule has 0 atom stereocenters. The molecule has 2 aromatic rings. The lowest BCUT2D eigenvalue weighted by Gasteiger charge is -2.05. The number of halogens is 3. The summed E-state index contributed by atoms with van der Waals surface area (Å²) in [6.07, 6.45) is -2.89. The van der Waals surface area contributed by atoms with E-state index >= 15 is 0 Å². The van der Waals surface area contributed by atoms with Gasteiger partial charge in [-0.3, -0.25) is 4.98 Å². The summed E-state index contributed by atoms with van der Waals surface area (Å²) in [4.78, 5) is 3.28. The van der Waals surface area contributed by atoms with Crippen LogP contribution < -0.4 is 5.73 Å². The molecule has 2 rings (SSSR count). The predicted octanol–water partition coefficient (Wildman–Crippen LogP) is 2.26. The van der Waals surface area contributed by atoms with Crippen molar-refractivity contribution in [2.45, 2.75) is 12.6 Å². The molecule has 0 bridgehead atoms. The van der Waals surface area contributed by atoms with Crippen molar-refractivity contribution in [2.24, 2.45) is 5.73 Å². The largest absolute Gasteiger partial charge is 0.433 e. The third kappa shape index (κ3) is 2.67. The van der Waals surface area contributed by atoms with Crippen LogP contribution in [-0.2, 0) is 12.6 Å². The van der Waals surface area contributed by atoms with Crippen LogP contribution >= 0.6 is 0 Å². The number of hydrogen-bond acceptors (Lipinski definition) is 4. The molecule has 0 fully saturated rings. The van der Waals surface area contributed by atoms with Crippen LogP contribution in [-0.4, -0.2) is 16.7 Å². The summed E-state index contributed by atoms with van der Waals surface area (Å²) in [5.41, 5.74) is 5.04. The van der Waals surface area contributed by atoms with Gasteiger partial charge in [-0.15, -0.1) is 0 Å². The van der Waals surface area contributed by atoms with Crippen molar-refractivity contribution in [3.05, 3.63) is 35.9 Å².